The van der Waals surface area contributed by atoms with E-state index < -0.39 is 0 Å². The zero-order chi connectivity index (χ0) is 10.9. The molecule has 0 aliphatic carbocycles. The van der Waals surface area contributed by atoms with E-state index in [1.165, 1.54) is 0 Å². The molecule has 0 fully saturated rings. The summed E-state index contributed by atoms with van der Waals surface area (Å²) in [5.74, 6) is 0.0605. The van der Waals surface area contributed by atoms with Crippen LogP contribution in [0.2, 0.25) is 0 Å². The number of carbonyl (C=O) groups is 1. The maximum atomic E-state index is 11.4. The fraction of sp³-hybridized carbons (Fsp3) is 0.455. The summed E-state index contributed by atoms with van der Waals surface area (Å²) in [6.45, 7) is 0.671. The molecule has 3 nitrogen and oxygen atoms in total. The quantitative estimate of drug-likeness (QED) is 0.749. The first kappa shape index (κ1) is 11.7. The molecule has 0 radical (unpaired) electrons. The van der Waals surface area contributed by atoms with Crippen molar-refractivity contribution in [3.63, 3.8) is 0 Å². The van der Waals surface area contributed by atoms with Crippen molar-refractivity contribution in [3.8, 4) is 6.07 Å². The molecule has 1 rings (SSSR count). The van der Waals surface area contributed by atoms with Crippen LogP contribution in [0.3, 0.4) is 0 Å². The number of nitrogens with zero attached hydrogens (tertiary/aromatic N) is 1. The normalized spacial score (nSPS) is 9.53. The van der Waals surface area contributed by atoms with E-state index in [1.54, 1.807) is 11.3 Å². The number of thiophene rings is 1. The monoisotopic (exact) mass is 222 g/mol. The summed E-state index contributed by atoms with van der Waals surface area (Å²) in [5, 5.41) is 15.1. The maximum Gasteiger partial charge on any atom is 0.224 e. The Morgan fingerprint density at radius 1 is 1.53 bits per heavy atom. The van der Waals surface area contributed by atoms with Crippen molar-refractivity contribution >= 4 is 17.2 Å². The molecule has 0 aliphatic heterocycles. The largest absolute Gasteiger partial charge is 0.356 e. The average molecular weight is 222 g/mol. The second-order valence-corrected chi connectivity index (χ2v) is 4.05. The van der Waals surface area contributed by atoms with Crippen molar-refractivity contribution in [2.75, 3.05) is 6.54 Å². The molecular formula is C11H14N2OS. The highest BCUT2D eigenvalue weighted by molar-refractivity contribution is 7.07. The third-order valence-electron chi connectivity index (χ3n) is 1.98. The van der Waals surface area contributed by atoms with E-state index in [9.17, 15) is 4.79 Å². The summed E-state index contributed by atoms with van der Waals surface area (Å²) >= 11 is 1.60. The number of unbranched alkanes of at least 4 members (excludes halogenated alkanes) is 2. The Kier molecular flexibility index (Phi) is 5.49. The van der Waals surface area contributed by atoms with E-state index in [4.69, 9.17) is 5.26 Å². The Bertz CT molecular complexity index is 327. The van der Waals surface area contributed by atoms with Gasteiger partial charge in [-0.2, -0.15) is 16.6 Å². The molecule has 0 spiro atoms. The molecule has 0 saturated carbocycles. The van der Waals surface area contributed by atoms with Gasteiger partial charge in [0, 0.05) is 13.0 Å². The van der Waals surface area contributed by atoms with Crippen LogP contribution in [0.5, 0.6) is 0 Å². The summed E-state index contributed by atoms with van der Waals surface area (Å²) in [7, 11) is 0. The first-order valence-corrected chi connectivity index (χ1v) is 5.92. The first-order chi connectivity index (χ1) is 7.33. The molecule has 0 bridgehead atoms. The standard InChI is InChI=1S/C11H14N2OS/c12-5-2-1-3-6-13-11(14)8-10-4-7-15-9-10/h4,7,9H,1-3,6,8H2,(H,13,14). The third kappa shape index (κ3) is 5.18. The van der Waals surface area contributed by atoms with E-state index in [2.05, 4.69) is 11.4 Å². The predicted octanol–water partition coefficient (Wildman–Crippen LogP) is 2.10. The minimum Gasteiger partial charge on any atom is -0.356 e. The van der Waals surface area contributed by atoms with Gasteiger partial charge in [0.15, 0.2) is 0 Å². The summed E-state index contributed by atoms with van der Waals surface area (Å²) in [4.78, 5) is 11.4. The van der Waals surface area contributed by atoms with Gasteiger partial charge in [0.2, 0.25) is 5.91 Å². The van der Waals surface area contributed by atoms with Crippen molar-refractivity contribution in [1.29, 1.82) is 5.26 Å². The smallest absolute Gasteiger partial charge is 0.224 e. The molecule has 4 heteroatoms. The molecule has 15 heavy (non-hydrogen) atoms. The van der Waals surface area contributed by atoms with Gasteiger partial charge in [-0.25, -0.2) is 0 Å². The fourth-order valence-corrected chi connectivity index (χ4v) is 1.87. The molecule has 0 saturated heterocycles. The second kappa shape index (κ2) is 7.02. The van der Waals surface area contributed by atoms with Gasteiger partial charge < -0.3 is 5.32 Å². The van der Waals surface area contributed by atoms with Gasteiger partial charge in [0.25, 0.3) is 0 Å². The lowest BCUT2D eigenvalue weighted by atomic mass is 10.2. The molecule has 1 aromatic rings. The fourth-order valence-electron chi connectivity index (χ4n) is 1.20. The van der Waals surface area contributed by atoms with Gasteiger partial charge in [0.05, 0.1) is 12.5 Å². The zero-order valence-electron chi connectivity index (χ0n) is 8.53. The van der Waals surface area contributed by atoms with Crippen LogP contribution in [0, 0.1) is 11.3 Å². The highest BCUT2D eigenvalue weighted by Gasteiger charge is 2.02. The summed E-state index contributed by atoms with van der Waals surface area (Å²) in [6.07, 6.45) is 2.76. The third-order valence-corrected chi connectivity index (χ3v) is 2.71. The highest BCUT2D eigenvalue weighted by atomic mass is 32.1. The van der Waals surface area contributed by atoms with Gasteiger partial charge in [-0.1, -0.05) is 0 Å². The van der Waals surface area contributed by atoms with Gasteiger partial charge in [-0.15, -0.1) is 0 Å². The number of hydrogen-bond donors (Lipinski definition) is 1. The van der Waals surface area contributed by atoms with Gasteiger partial charge in [-0.05, 0) is 35.2 Å². The summed E-state index contributed by atoms with van der Waals surface area (Å²) < 4.78 is 0. The van der Waals surface area contributed by atoms with Crippen molar-refractivity contribution in [1.82, 2.24) is 5.32 Å². The predicted molar refractivity (Wildman–Crippen MR) is 60.5 cm³/mol. The Morgan fingerprint density at radius 3 is 3.07 bits per heavy atom. The molecule has 1 heterocycles. The topological polar surface area (TPSA) is 52.9 Å². The Balaban J connectivity index is 2.07. The highest BCUT2D eigenvalue weighted by Crippen LogP contribution is 2.06. The maximum absolute atomic E-state index is 11.4. The Labute approximate surface area is 93.7 Å². The van der Waals surface area contributed by atoms with Gasteiger partial charge >= 0.3 is 0 Å². The molecule has 1 amide bonds. The summed E-state index contributed by atoms with van der Waals surface area (Å²) in [5.41, 5.74) is 1.06. The lowest BCUT2D eigenvalue weighted by molar-refractivity contribution is -0.120. The molecule has 80 valence electrons. The second-order valence-electron chi connectivity index (χ2n) is 3.27. The molecule has 0 aromatic carbocycles. The number of carbonyl (C=O) groups excluding carboxylic acids is 1. The van der Waals surface area contributed by atoms with Crippen LogP contribution in [-0.4, -0.2) is 12.5 Å². The van der Waals surface area contributed by atoms with Crippen LogP contribution in [0.25, 0.3) is 0 Å². The number of amides is 1. The Morgan fingerprint density at radius 2 is 2.40 bits per heavy atom. The number of nitriles is 1. The Hall–Kier alpha value is -1.34. The molecule has 0 atom stereocenters. The average Bonchev–Trinajstić information content (AvgIpc) is 2.70. The lowest BCUT2D eigenvalue weighted by Gasteiger charge is -2.02. The van der Waals surface area contributed by atoms with Crippen LogP contribution < -0.4 is 5.32 Å². The van der Waals surface area contributed by atoms with Crippen LogP contribution in [0.15, 0.2) is 16.8 Å². The number of nitrogens with one attached hydrogen (secondary N) is 1. The molecule has 0 aliphatic rings. The van der Waals surface area contributed by atoms with Crippen molar-refractivity contribution < 1.29 is 4.79 Å². The van der Waals surface area contributed by atoms with E-state index in [0.717, 1.165) is 18.4 Å². The van der Waals surface area contributed by atoms with Crippen molar-refractivity contribution in [3.05, 3.63) is 22.4 Å². The minimum absolute atomic E-state index is 0.0605. The first-order valence-electron chi connectivity index (χ1n) is 4.97. The van der Waals surface area contributed by atoms with Crippen LogP contribution in [-0.2, 0) is 11.2 Å². The van der Waals surface area contributed by atoms with Crippen molar-refractivity contribution in [2.45, 2.75) is 25.7 Å². The molecule has 0 unspecified atom stereocenters. The van der Waals surface area contributed by atoms with Gasteiger partial charge in [-0.3, -0.25) is 4.79 Å². The van der Waals surface area contributed by atoms with Crippen LogP contribution in [0.4, 0.5) is 0 Å². The van der Waals surface area contributed by atoms with Crippen LogP contribution in [0.1, 0.15) is 24.8 Å². The number of hydrogen-bond acceptors (Lipinski definition) is 3. The van der Waals surface area contributed by atoms with E-state index in [0.29, 0.717) is 19.4 Å². The molecule has 1 N–H and O–H groups in total. The van der Waals surface area contributed by atoms with E-state index in [1.807, 2.05) is 16.8 Å². The lowest BCUT2D eigenvalue weighted by Crippen LogP contribution is -2.25. The van der Waals surface area contributed by atoms with E-state index in [-0.39, 0.29) is 5.91 Å². The van der Waals surface area contributed by atoms with E-state index >= 15 is 0 Å². The zero-order valence-corrected chi connectivity index (χ0v) is 9.35. The molecular weight excluding hydrogens is 208 g/mol. The SMILES string of the molecule is N#CCCCCNC(=O)Cc1ccsc1. The minimum atomic E-state index is 0.0605. The van der Waals surface area contributed by atoms with Crippen molar-refractivity contribution in [2.24, 2.45) is 0 Å². The number of rotatable bonds is 6. The van der Waals surface area contributed by atoms with Gasteiger partial charge in [0.1, 0.15) is 0 Å². The van der Waals surface area contributed by atoms with Crippen LogP contribution >= 0.6 is 11.3 Å². The molecule has 1 aromatic heterocycles. The summed E-state index contributed by atoms with van der Waals surface area (Å²) in [6, 6.07) is 4.04.